The van der Waals surface area contributed by atoms with Crippen LogP contribution in [-0.2, 0) is 4.74 Å². The normalized spacial score (nSPS) is 22.4. The molecule has 2 atom stereocenters. The van der Waals surface area contributed by atoms with Crippen LogP contribution in [0.2, 0.25) is 0 Å². The summed E-state index contributed by atoms with van der Waals surface area (Å²) in [6.45, 7) is 10.5. The number of carbonyl (C=O) groups excluding carboxylic acids is 1. The zero-order chi connectivity index (χ0) is 14.3. The third-order valence-corrected chi connectivity index (χ3v) is 3.05. The number of nitrogens with one attached hydrogen (secondary N) is 3. The monoisotopic (exact) mass is 271 g/mol. The number of hydrogen-bond donors (Lipinski definition) is 3. The van der Waals surface area contributed by atoms with E-state index in [1.165, 1.54) is 12.8 Å². The lowest BCUT2D eigenvalue weighted by molar-refractivity contribution is 0.0522. The average molecular weight is 271 g/mol. The molecule has 5 heteroatoms. The molecule has 1 aliphatic heterocycles. The van der Waals surface area contributed by atoms with Gasteiger partial charge in [0.05, 0.1) is 0 Å². The van der Waals surface area contributed by atoms with Gasteiger partial charge in [0.1, 0.15) is 5.60 Å². The van der Waals surface area contributed by atoms with E-state index in [-0.39, 0.29) is 12.1 Å². The number of rotatable bonds is 4. The standard InChI is InChI=1S/C14H29N3O2/c1-11(10-16-13(18)19-14(2,3)4)17-12-6-5-8-15-9-7-12/h11-12,15,17H,5-10H2,1-4H3,(H,16,18). The highest BCUT2D eigenvalue weighted by atomic mass is 16.6. The van der Waals surface area contributed by atoms with E-state index < -0.39 is 5.60 Å². The summed E-state index contributed by atoms with van der Waals surface area (Å²) in [7, 11) is 0. The van der Waals surface area contributed by atoms with Crippen molar-refractivity contribution >= 4 is 6.09 Å². The van der Waals surface area contributed by atoms with E-state index in [0.29, 0.717) is 12.6 Å². The van der Waals surface area contributed by atoms with E-state index in [1.807, 2.05) is 20.8 Å². The van der Waals surface area contributed by atoms with Gasteiger partial charge >= 0.3 is 6.09 Å². The maximum atomic E-state index is 11.5. The summed E-state index contributed by atoms with van der Waals surface area (Å²) < 4.78 is 5.21. The predicted molar refractivity (Wildman–Crippen MR) is 77.3 cm³/mol. The molecule has 112 valence electrons. The zero-order valence-corrected chi connectivity index (χ0v) is 12.7. The minimum absolute atomic E-state index is 0.260. The van der Waals surface area contributed by atoms with Crippen LogP contribution in [0.1, 0.15) is 47.0 Å². The van der Waals surface area contributed by atoms with E-state index in [9.17, 15) is 4.79 Å². The summed E-state index contributed by atoms with van der Waals surface area (Å²) in [5, 5.41) is 9.77. The number of amides is 1. The van der Waals surface area contributed by atoms with Crippen LogP contribution in [0.4, 0.5) is 4.79 Å². The van der Waals surface area contributed by atoms with Gasteiger partial charge in [-0.1, -0.05) is 0 Å². The fraction of sp³-hybridized carbons (Fsp3) is 0.929. The second-order valence-corrected chi connectivity index (χ2v) is 6.33. The minimum Gasteiger partial charge on any atom is -0.444 e. The molecule has 0 aromatic rings. The molecule has 19 heavy (non-hydrogen) atoms. The Balaban J connectivity index is 2.19. The maximum absolute atomic E-state index is 11.5. The largest absolute Gasteiger partial charge is 0.444 e. The Kier molecular flexibility index (Phi) is 6.58. The first kappa shape index (κ1) is 16.2. The molecule has 0 aliphatic carbocycles. The summed E-state index contributed by atoms with van der Waals surface area (Å²) in [6, 6.07) is 0.807. The molecular weight excluding hydrogens is 242 g/mol. The van der Waals surface area contributed by atoms with Gasteiger partial charge in [0.2, 0.25) is 0 Å². The molecule has 1 fully saturated rings. The Morgan fingerprint density at radius 2 is 2.11 bits per heavy atom. The Morgan fingerprint density at radius 1 is 1.37 bits per heavy atom. The lowest BCUT2D eigenvalue weighted by atomic mass is 10.1. The SMILES string of the molecule is CC(CNC(=O)OC(C)(C)C)NC1CCCNCC1. The van der Waals surface area contributed by atoms with Gasteiger partial charge < -0.3 is 20.7 Å². The van der Waals surface area contributed by atoms with Crippen LogP contribution in [0.3, 0.4) is 0 Å². The highest BCUT2D eigenvalue weighted by Gasteiger charge is 2.18. The van der Waals surface area contributed by atoms with Crippen LogP contribution < -0.4 is 16.0 Å². The molecular formula is C14H29N3O2. The third-order valence-electron chi connectivity index (χ3n) is 3.05. The number of carbonyl (C=O) groups is 1. The first-order valence-electron chi connectivity index (χ1n) is 7.30. The van der Waals surface area contributed by atoms with Crippen molar-refractivity contribution in [2.75, 3.05) is 19.6 Å². The molecule has 5 nitrogen and oxygen atoms in total. The summed E-state index contributed by atoms with van der Waals surface area (Å²) >= 11 is 0. The van der Waals surface area contributed by atoms with E-state index in [0.717, 1.165) is 19.5 Å². The molecule has 0 aromatic heterocycles. The molecule has 0 saturated carbocycles. The predicted octanol–water partition coefficient (Wildman–Crippen LogP) is 1.63. The van der Waals surface area contributed by atoms with Crippen molar-refractivity contribution in [3.63, 3.8) is 0 Å². The smallest absolute Gasteiger partial charge is 0.407 e. The van der Waals surface area contributed by atoms with Gasteiger partial charge in [-0.3, -0.25) is 0 Å². The maximum Gasteiger partial charge on any atom is 0.407 e. The van der Waals surface area contributed by atoms with E-state index in [2.05, 4.69) is 22.9 Å². The lowest BCUT2D eigenvalue weighted by Gasteiger charge is -2.24. The number of ether oxygens (including phenoxy) is 1. The van der Waals surface area contributed by atoms with Gasteiger partial charge in [0, 0.05) is 18.6 Å². The molecule has 2 unspecified atom stereocenters. The minimum atomic E-state index is -0.437. The molecule has 0 radical (unpaired) electrons. The zero-order valence-electron chi connectivity index (χ0n) is 12.7. The third kappa shape index (κ3) is 8.06. The molecule has 1 aliphatic rings. The Labute approximate surface area is 116 Å². The molecule has 1 heterocycles. The van der Waals surface area contributed by atoms with Crippen molar-refractivity contribution < 1.29 is 9.53 Å². The van der Waals surface area contributed by atoms with Crippen molar-refractivity contribution in [3.8, 4) is 0 Å². The second kappa shape index (κ2) is 7.70. The van der Waals surface area contributed by atoms with Gasteiger partial charge in [0.25, 0.3) is 0 Å². The van der Waals surface area contributed by atoms with Crippen LogP contribution in [0.25, 0.3) is 0 Å². The summed E-state index contributed by atoms with van der Waals surface area (Å²) in [5.74, 6) is 0. The Morgan fingerprint density at radius 3 is 2.79 bits per heavy atom. The first-order valence-corrected chi connectivity index (χ1v) is 7.30. The van der Waals surface area contributed by atoms with Gasteiger partial charge in [-0.2, -0.15) is 0 Å². The van der Waals surface area contributed by atoms with Gasteiger partial charge in [-0.15, -0.1) is 0 Å². The van der Waals surface area contributed by atoms with Crippen LogP contribution in [0, 0.1) is 0 Å². The second-order valence-electron chi connectivity index (χ2n) is 6.33. The molecule has 1 amide bonds. The first-order chi connectivity index (χ1) is 8.87. The summed E-state index contributed by atoms with van der Waals surface area (Å²) in [4.78, 5) is 11.5. The Bertz CT molecular complexity index is 268. The van der Waals surface area contributed by atoms with Crippen molar-refractivity contribution in [1.82, 2.24) is 16.0 Å². The molecule has 1 rings (SSSR count). The highest BCUT2D eigenvalue weighted by Crippen LogP contribution is 2.07. The molecule has 0 bridgehead atoms. The van der Waals surface area contributed by atoms with E-state index in [4.69, 9.17) is 4.74 Å². The van der Waals surface area contributed by atoms with Crippen molar-refractivity contribution in [2.45, 2.75) is 64.6 Å². The topological polar surface area (TPSA) is 62.4 Å². The van der Waals surface area contributed by atoms with Crippen LogP contribution in [-0.4, -0.2) is 43.4 Å². The van der Waals surface area contributed by atoms with Gasteiger partial charge in [-0.25, -0.2) is 4.79 Å². The van der Waals surface area contributed by atoms with Crippen molar-refractivity contribution in [2.24, 2.45) is 0 Å². The van der Waals surface area contributed by atoms with Crippen LogP contribution in [0.15, 0.2) is 0 Å². The van der Waals surface area contributed by atoms with Crippen molar-refractivity contribution in [3.05, 3.63) is 0 Å². The van der Waals surface area contributed by atoms with Crippen LogP contribution in [0.5, 0.6) is 0 Å². The van der Waals surface area contributed by atoms with Gasteiger partial charge in [0.15, 0.2) is 0 Å². The number of hydrogen-bond acceptors (Lipinski definition) is 4. The van der Waals surface area contributed by atoms with E-state index in [1.54, 1.807) is 0 Å². The molecule has 1 saturated heterocycles. The average Bonchev–Trinajstić information content (AvgIpc) is 2.53. The van der Waals surface area contributed by atoms with Gasteiger partial charge in [-0.05, 0) is 60.0 Å². The van der Waals surface area contributed by atoms with Crippen LogP contribution >= 0.6 is 0 Å². The lowest BCUT2D eigenvalue weighted by Crippen LogP contribution is -2.45. The summed E-state index contributed by atoms with van der Waals surface area (Å²) in [6.07, 6.45) is 3.22. The fourth-order valence-corrected chi connectivity index (χ4v) is 2.20. The quantitative estimate of drug-likeness (QED) is 0.727. The fourth-order valence-electron chi connectivity index (χ4n) is 2.20. The highest BCUT2D eigenvalue weighted by molar-refractivity contribution is 5.67. The van der Waals surface area contributed by atoms with Crippen molar-refractivity contribution in [1.29, 1.82) is 0 Å². The number of alkyl carbamates (subject to hydrolysis) is 1. The summed E-state index contributed by atoms with van der Waals surface area (Å²) in [5.41, 5.74) is -0.437. The van der Waals surface area contributed by atoms with E-state index >= 15 is 0 Å². The molecule has 0 spiro atoms. The Hall–Kier alpha value is -0.810. The molecule has 0 aromatic carbocycles. The molecule has 3 N–H and O–H groups in total.